The molecular formula is C38H36. The molecule has 0 fully saturated rings. The standard InChI is InChI=1S/C38H36/c1-3-5-11-27-17-21-29(22-18-27)37-33-15-9-10-16-34(33)38(30-23-19-28(20-24-30)12-6-4-2)36-26-32-14-8-7-13-31(32)25-35(36)37/h7-10,13-26H,3-6,11-12H2,1-2H3. The van der Waals surface area contributed by atoms with Gasteiger partial charge in [-0.05, 0) is 104 Å². The molecule has 0 aliphatic rings. The molecule has 0 amide bonds. The zero-order chi connectivity index (χ0) is 25.9. The van der Waals surface area contributed by atoms with Gasteiger partial charge in [-0.1, -0.05) is 124 Å². The second-order valence-corrected chi connectivity index (χ2v) is 10.6. The predicted molar refractivity (Wildman–Crippen MR) is 167 cm³/mol. The van der Waals surface area contributed by atoms with Crippen molar-refractivity contribution in [2.75, 3.05) is 0 Å². The van der Waals surface area contributed by atoms with Gasteiger partial charge >= 0.3 is 0 Å². The van der Waals surface area contributed by atoms with Gasteiger partial charge in [0.15, 0.2) is 0 Å². The van der Waals surface area contributed by atoms with Crippen molar-refractivity contribution in [2.45, 2.75) is 52.4 Å². The van der Waals surface area contributed by atoms with E-state index in [1.807, 2.05) is 0 Å². The van der Waals surface area contributed by atoms with E-state index in [-0.39, 0.29) is 0 Å². The van der Waals surface area contributed by atoms with Crippen molar-refractivity contribution in [3.63, 3.8) is 0 Å². The van der Waals surface area contributed by atoms with Crippen LogP contribution in [0.1, 0.15) is 50.7 Å². The summed E-state index contributed by atoms with van der Waals surface area (Å²) < 4.78 is 0. The zero-order valence-corrected chi connectivity index (χ0v) is 22.6. The van der Waals surface area contributed by atoms with Crippen LogP contribution in [-0.2, 0) is 12.8 Å². The Balaban J connectivity index is 1.64. The first-order valence-corrected chi connectivity index (χ1v) is 14.3. The zero-order valence-electron chi connectivity index (χ0n) is 22.6. The fourth-order valence-electron chi connectivity index (χ4n) is 5.92. The molecule has 0 N–H and O–H groups in total. The Bertz CT molecular complexity index is 1570. The van der Waals surface area contributed by atoms with Gasteiger partial charge in [0.25, 0.3) is 0 Å². The predicted octanol–water partition coefficient (Wildman–Crippen LogP) is 11.2. The lowest BCUT2D eigenvalue weighted by molar-refractivity contribution is 0.795. The maximum Gasteiger partial charge on any atom is -0.00261 e. The molecule has 38 heavy (non-hydrogen) atoms. The van der Waals surface area contributed by atoms with Crippen LogP contribution >= 0.6 is 0 Å². The molecule has 0 aliphatic carbocycles. The van der Waals surface area contributed by atoms with Crippen LogP contribution in [0.5, 0.6) is 0 Å². The molecule has 0 saturated carbocycles. The van der Waals surface area contributed by atoms with Crippen molar-refractivity contribution in [3.8, 4) is 22.3 Å². The van der Waals surface area contributed by atoms with Crippen LogP contribution in [0.2, 0.25) is 0 Å². The quantitative estimate of drug-likeness (QED) is 0.185. The molecule has 6 rings (SSSR count). The maximum absolute atomic E-state index is 2.41. The minimum Gasteiger partial charge on any atom is -0.0654 e. The number of hydrogen-bond donors (Lipinski definition) is 0. The first-order valence-electron chi connectivity index (χ1n) is 14.3. The van der Waals surface area contributed by atoms with Gasteiger partial charge in [0, 0.05) is 0 Å². The number of hydrogen-bond acceptors (Lipinski definition) is 0. The molecule has 0 heteroatoms. The number of aryl methyl sites for hydroxylation is 2. The third-order valence-corrected chi connectivity index (χ3v) is 8.01. The van der Waals surface area contributed by atoms with Crippen molar-refractivity contribution >= 4 is 32.3 Å². The lowest BCUT2D eigenvalue weighted by atomic mass is 9.84. The molecule has 0 spiro atoms. The maximum atomic E-state index is 2.41. The monoisotopic (exact) mass is 492 g/mol. The average Bonchev–Trinajstić information content (AvgIpc) is 2.97. The highest BCUT2D eigenvalue weighted by Gasteiger charge is 2.17. The van der Waals surface area contributed by atoms with Gasteiger partial charge in [0.1, 0.15) is 0 Å². The molecule has 0 atom stereocenters. The fourth-order valence-corrected chi connectivity index (χ4v) is 5.92. The topological polar surface area (TPSA) is 0 Å². The van der Waals surface area contributed by atoms with Crippen LogP contribution in [0.4, 0.5) is 0 Å². The Morgan fingerprint density at radius 2 is 0.816 bits per heavy atom. The van der Waals surface area contributed by atoms with Crippen LogP contribution < -0.4 is 0 Å². The van der Waals surface area contributed by atoms with Crippen molar-refractivity contribution in [1.82, 2.24) is 0 Å². The Labute approximate surface area is 227 Å². The minimum absolute atomic E-state index is 1.15. The van der Waals surface area contributed by atoms with Crippen molar-refractivity contribution < 1.29 is 0 Å². The smallest absolute Gasteiger partial charge is 0.00261 e. The summed E-state index contributed by atoms with van der Waals surface area (Å²) in [6.07, 6.45) is 7.23. The van der Waals surface area contributed by atoms with E-state index in [1.54, 1.807) is 0 Å². The molecular weight excluding hydrogens is 456 g/mol. The van der Waals surface area contributed by atoms with Crippen molar-refractivity contribution in [3.05, 3.63) is 120 Å². The third-order valence-electron chi connectivity index (χ3n) is 8.01. The Morgan fingerprint density at radius 1 is 0.421 bits per heavy atom. The molecule has 0 bridgehead atoms. The van der Waals surface area contributed by atoms with E-state index in [0.29, 0.717) is 0 Å². The van der Waals surface area contributed by atoms with E-state index in [0.717, 1.165) is 12.8 Å². The fraction of sp³-hybridized carbons (Fsp3) is 0.211. The number of rotatable bonds is 8. The van der Waals surface area contributed by atoms with Crippen molar-refractivity contribution in [2.24, 2.45) is 0 Å². The van der Waals surface area contributed by atoms with Crippen LogP contribution in [-0.4, -0.2) is 0 Å². The molecule has 0 unspecified atom stereocenters. The summed E-state index contributed by atoms with van der Waals surface area (Å²) in [5.41, 5.74) is 8.12. The molecule has 6 aromatic rings. The summed E-state index contributed by atoms with van der Waals surface area (Å²) in [7, 11) is 0. The lowest BCUT2D eigenvalue weighted by Crippen LogP contribution is -1.92. The Morgan fingerprint density at radius 3 is 1.21 bits per heavy atom. The highest BCUT2D eigenvalue weighted by atomic mass is 14.2. The number of benzene rings is 6. The number of unbranched alkanes of at least 4 members (excludes halogenated alkanes) is 2. The van der Waals surface area contributed by atoms with Gasteiger partial charge in [0.05, 0.1) is 0 Å². The van der Waals surface area contributed by atoms with Gasteiger partial charge in [-0.25, -0.2) is 0 Å². The van der Waals surface area contributed by atoms with Gasteiger partial charge in [-0.15, -0.1) is 0 Å². The summed E-state index contributed by atoms with van der Waals surface area (Å²) in [5.74, 6) is 0. The van der Waals surface area contributed by atoms with Gasteiger partial charge < -0.3 is 0 Å². The first kappa shape index (κ1) is 24.4. The van der Waals surface area contributed by atoms with Crippen LogP contribution in [0.15, 0.2) is 109 Å². The summed E-state index contributed by atoms with van der Waals surface area (Å²) in [5, 5.41) is 7.87. The summed E-state index contributed by atoms with van der Waals surface area (Å²) in [6, 6.07) is 41.3. The Kier molecular flexibility index (Phi) is 6.97. The van der Waals surface area contributed by atoms with Crippen LogP contribution in [0.25, 0.3) is 54.6 Å². The second-order valence-electron chi connectivity index (χ2n) is 10.6. The lowest BCUT2D eigenvalue weighted by Gasteiger charge is -2.19. The third kappa shape index (κ3) is 4.61. The van der Waals surface area contributed by atoms with E-state index >= 15 is 0 Å². The summed E-state index contributed by atoms with van der Waals surface area (Å²) in [6.45, 7) is 4.52. The van der Waals surface area contributed by atoms with E-state index in [9.17, 15) is 0 Å². The molecule has 6 aromatic carbocycles. The van der Waals surface area contributed by atoms with Crippen LogP contribution in [0.3, 0.4) is 0 Å². The van der Waals surface area contributed by atoms with Gasteiger partial charge in [-0.2, -0.15) is 0 Å². The largest absolute Gasteiger partial charge is 0.0654 e. The summed E-state index contributed by atoms with van der Waals surface area (Å²) in [4.78, 5) is 0. The Hall–Kier alpha value is -3.90. The molecule has 0 heterocycles. The highest BCUT2D eigenvalue weighted by molar-refractivity contribution is 6.23. The van der Waals surface area contributed by atoms with E-state index in [1.165, 1.54) is 91.4 Å². The van der Waals surface area contributed by atoms with E-state index in [4.69, 9.17) is 0 Å². The minimum atomic E-state index is 1.15. The first-order chi connectivity index (χ1) is 18.8. The normalized spacial score (nSPS) is 11.5. The van der Waals surface area contributed by atoms with Gasteiger partial charge in [0.2, 0.25) is 0 Å². The number of fused-ring (bicyclic) bond motifs is 3. The van der Waals surface area contributed by atoms with Gasteiger partial charge in [-0.3, -0.25) is 0 Å². The average molecular weight is 493 g/mol. The second kappa shape index (κ2) is 10.8. The van der Waals surface area contributed by atoms with Crippen molar-refractivity contribution in [1.29, 1.82) is 0 Å². The highest BCUT2D eigenvalue weighted by Crippen LogP contribution is 2.45. The summed E-state index contributed by atoms with van der Waals surface area (Å²) >= 11 is 0. The molecule has 0 saturated heterocycles. The SMILES string of the molecule is CCCCc1ccc(-c2c3ccccc3c(-c3ccc(CCCC)cc3)c3cc4ccccc4cc23)cc1. The van der Waals surface area contributed by atoms with E-state index in [2.05, 4.69) is 123 Å². The molecule has 0 radical (unpaired) electrons. The molecule has 0 aliphatic heterocycles. The molecule has 0 nitrogen and oxygen atoms in total. The molecule has 188 valence electrons. The molecule has 0 aromatic heterocycles. The van der Waals surface area contributed by atoms with E-state index < -0.39 is 0 Å². The van der Waals surface area contributed by atoms with Crippen LogP contribution in [0, 0.1) is 0 Å².